The van der Waals surface area contributed by atoms with Crippen LogP contribution in [0.4, 0.5) is 0 Å². The molecule has 1 aliphatic carbocycles. The molecule has 3 amide bonds. The maximum atomic E-state index is 13.1. The summed E-state index contributed by atoms with van der Waals surface area (Å²) in [5.41, 5.74) is 2.04. The monoisotopic (exact) mass is 394 g/mol. The Hall–Kier alpha value is -2.83. The number of para-hydroxylation sites is 1. The summed E-state index contributed by atoms with van der Waals surface area (Å²) in [5, 5.41) is 3.99. The van der Waals surface area contributed by atoms with Crippen molar-refractivity contribution < 1.29 is 14.4 Å². The highest BCUT2D eigenvalue weighted by Gasteiger charge is 2.45. The normalized spacial score (nSPS) is 25.4. The number of hydrogen-bond acceptors (Lipinski definition) is 3. The maximum absolute atomic E-state index is 13.1. The van der Waals surface area contributed by atoms with Crippen LogP contribution < -0.4 is 5.32 Å². The summed E-state index contributed by atoms with van der Waals surface area (Å²) in [7, 11) is 0. The van der Waals surface area contributed by atoms with Crippen molar-refractivity contribution in [1.29, 1.82) is 0 Å². The first-order valence-electron chi connectivity index (χ1n) is 10.6. The number of H-pyrrole nitrogens is 1. The lowest BCUT2D eigenvalue weighted by Gasteiger charge is -2.45. The van der Waals surface area contributed by atoms with Gasteiger partial charge in [0.1, 0.15) is 12.1 Å². The number of aromatic nitrogens is 1. The molecule has 3 heterocycles. The second kappa shape index (κ2) is 7.21. The molecule has 2 saturated heterocycles. The van der Waals surface area contributed by atoms with Crippen LogP contribution >= 0.6 is 0 Å². The summed E-state index contributed by atoms with van der Waals surface area (Å²) in [4.78, 5) is 45.4. The number of fused-ring (bicyclic) bond motifs is 2. The predicted octanol–water partition coefficient (Wildman–Crippen LogP) is 1.44. The molecule has 3 aliphatic rings. The van der Waals surface area contributed by atoms with Crippen molar-refractivity contribution in [2.24, 2.45) is 5.92 Å². The summed E-state index contributed by atoms with van der Waals surface area (Å²) in [6.45, 7) is 1.26. The molecule has 0 radical (unpaired) electrons. The number of piperazine rings is 2. The molecule has 1 aromatic heterocycles. The van der Waals surface area contributed by atoms with Gasteiger partial charge in [0.2, 0.25) is 17.7 Å². The Kier molecular flexibility index (Phi) is 4.53. The Bertz CT molecular complexity index is 962. The number of nitrogens with one attached hydrogen (secondary N) is 2. The molecule has 0 bridgehead atoms. The van der Waals surface area contributed by atoms with Crippen molar-refractivity contribution in [2.75, 3.05) is 19.6 Å². The van der Waals surface area contributed by atoms with Crippen molar-refractivity contribution in [3.63, 3.8) is 0 Å². The van der Waals surface area contributed by atoms with Crippen LogP contribution in [0.1, 0.15) is 31.2 Å². The van der Waals surface area contributed by atoms with Gasteiger partial charge in [-0.15, -0.1) is 0 Å². The van der Waals surface area contributed by atoms with Crippen molar-refractivity contribution in [3.8, 4) is 0 Å². The van der Waals surface area contributed by atoms with Gasteiger partial charge in [0.25, 0.3) is 0 Å². The molecule has 2 aliphatic heterocycles. The largest absolute Gasteiger partial charge is 0.361 e. The smallest absolute Gasteiger partial charge is 0.246 e. The minimum absolute atomic E-state index is 0.0483. The van der Waals surface area contributed by atoms with E-state index in [0.29, 0.717) is 26.1 Å². The van der Waals surface area contributed by atoms with Gasteiger partial charge in [-0.3, -0.25) is 14.4 Å². The molecule has 29 heavy (non-hydrogen) atoms. The molecular formula is C22H26N4O3. The average Bonchev–Trinajstić information content (AvgIpc) is 3.41. The number of carbonyl (C=O) groups excluding carboxylic acids is 3. The van der Waals surface area contributed by atoms with Gasteiger partial charge >= 0.3 is 0 Å². The van der Waals surface area contributed by atoms with Crippen LogP contribution in [0.2, 0.25) is 0 Å². The Balaban J connectivity index is 1.29. The van der Waals surface area contributed by atoms with E-state index in [0.717, 1.165) is 42.1 Å². The first-order chi connectivity index (χ1) is 14.1. The van der Waals surface area contributed by atoms with Gasteiger partial charge in [0, 0.05) is 42.5 Å². The molecule has 2 aromatic rings. The van der Waals surface area contributed by atoms with Gasteiger partial charge in [0.15, 0.2) is 0 Å². The SMILES string of the molecule is O=C1N[C@H](Cc2c[nH]c3ccccc23)C(=O)N2CCN(C(=O)C3CCCC3)C[C@@H]12. The Morgan fingerprint density at radius 2 is 1.90 bits per heavy atom. The van der Waals surface area contributed by atoms with Gasteiger partial charge in [-0.05, 0) is 24.5 Å². The molecule has 0 spiro atoms. The Labute approximate surface area is 169 Å². The first kappa shape index (κ1) is 18.2. The van der Waals surface area contributed by atoms with Crippen molar-refractivity contribution in [1.82, 2.24) is 20.1 Å². The van der Waals surface area contributed by atoms with Crippen LogP contribution in [0.5, 0.6) is 0 Å². The van der Waals surface area contributed by atoms with Gasteiger partial charge in [-0.1, -0.05) is 31.0 Å². The topological polar surface area (TPSA) is 85.5 Å². The zero-order valence-electron chi connectivity index (χ0n) is 16.4. The summed E-state index contributed by atoms with van der Waals surface area (Å²) in [6, 6.07) is 6.82. The summed E-state index contributed by atoms with van der Waals surface area (Å²) >= 11 is 0. The van der Waals surface area contributed by atoms with Crippen molar-refractivity contribution >= 4 is 28.6 Å². The second-order valence-corrected chi connectivity index (χ2v) is 8.44. The Morgan fingerprint density at radius 3 is 2.72 bits per heavy atom. The molecule has 7 nitrogen and oxygen atoms in total. The molecule has 2 N–H and O–H groups in total. The molecule has 3 fully saturated rings. The van der Waals surface area contributed by atoms with E-state index in [4.69, 9.17) is 0 Å². The highest BCUT2D eigenvalue weighted by Crippen LogP contribution is 2.28. The highest BCUT2D eigenvalue weighted by molar-refractivity contribution is 5.98. The third-order valence-corrected chi connectivity index (χ3v) is 6.70. The molecule has 0 unspecified atom stereocenters. The zero-order valence-corrected chi connectivity index (χ0v) is 16.4. The van der Waals surface area contributed by atoms with E-state index in [1.807, 2.05) is 30.5 Å². The summed E-state index contributed by atoms with van der Waals surface area (Å²) in [6.07, 6.45) is 6.47. The van der Waals surface area contributed by atoms with Crippen LogP contribution in [-0.2, 0) is 20.8 Å². The zero-order chi connectivity index (χ0) is 20.0. The summed E-state index contributed by atoms with van der Waals surface area (Å²) < 4.78 is 0. The lowest BCUT2D eigenvalue weighted by Crippen LogP contribution is -2.70. The Morgan fingerprint density at radius 1 is 1.10 bits per heavy atom. The van der Waals surface area contributed by atoms with Crippen LogP contribution in [0, 0.1) is 5.92 Å². The molecule has 2 atom stereocenters. The first-order valence-corrected chi connectivity index (χ1v) is 10.6. The molecule has 1 saturated carbocycles. The van der Waals surface area contributed by atoms with Crippen molar-refractivity contribution in [3.05, 3.63) is 36.0 Å². The summed E-state index contributed by atoms with van der Waals surface area (Å²) in [5.74, 6) is 0.0491. The quantitative estimate of drug-likeness (QED) is 0.826. The van der Waals surface area contributed by atoms with E-state index in [9.17, 15) is 14.4 Å². The van der Waals surface area contributed by atoms with E-state index in [1.165, 1.54) is 0 Å². The predicted molar refractivity (Wildman–Crippen MR) is 108 cm³/mol. The number of hydrogen-bond donors (Lipinski definition) is 2. The van der Waals surface area contributed by atoms with Crippen LogP contribution in [0.25, 0.3) is 10.9 Å². The molecule has 5 rings (SSSR count). The van der Waals surface area contributed by atoms with E-state index < -0.39 is 12.1 Å². The van der Waals surface area contributed by atoms with Gasteiger partial charge in [0.05, 0.1) is 6.54 Å². The third-order valence-electron chi connectivity index (χ3n) is 6.70. The van der Waals surface area contributed by atoms with E-state index in [2.05, 4.69) is 10.3 Å². The van der Waals surface area contributed by atoms with Gasteiger partial charge < -0.3 is 20.1 Å². The number of amides is 3. The van der Waals surface area contributed by atoms with Gasteiger partial charge in [-0.25, -0.2) is 0 Å². The van der Waals surface area contributed by atoms with Crippen molar-refractivity contribution in [2.45, 2.75) is 44.2 Å². The van der Waals surface area contributed by atoms with E-state index in [1.54, 1.807) is 9.80 Å². The average molecular weight is 394 g/mol. The minimum atomic E-state index is -0.569. The molecular weight excluding hydrogens is 368 g/mol. The number of benzene rings is 1. The van der Waals surface area contributed by atoms with Crippen LogP contribution in [0.15, 0.2) is 30.5 Å². The van der Waals surface area contributed by atoms with Crippen LogP contribution in [-0.4, -0.2) is 64.2 Å². The standard InChI is InChI=1S/C22H26N4O3/c27-20-19-13-25(21(28)14-5-1-2-6-14)9-10-26(19)22(29)18(24-20)11-15-12-23-17-8-4-3-7-16(15)17/h3-4,7-8,12,14,18-19,23H,1-2,5-6,9-11,13H2,(H,24,27)/t18-,19+/m1/s1. The fourth-order valence-corrected chi connectivity index (χ4v) is 5.09. The highest BCUT2D eigenvalue weighted by atomic mass is 16.2. The van der Waals surface area contributed by atoms with E-state index in [-0.39, 0.29) is 23.6 Å². The number of aromatic amines is 1. The van der Waals surface area contributed by atoms with Gasteiger partial charge in [-0.2, -0.15) is 0 Å². The number of nitrogens with zero attached hydrogens (tertiary/aromatic N) is 2. The molecule has 1 aromatic carbocycles. The fraction of sp³-hybridized carbons (Fsp3) is 0.500. The van der Waals surface area contributed by atoms with Crippen LogP contribution in [0.3, 0.4) is 0 Å². The maximum Gasteiger partial charge on any atom is 0.246 e. The lowest BCUT2D eigenvalue weighted by atomic mass is 9.97. The number of carbonyl (C=O) groups is 3. The lowest BCUT2D eigenvalue weighted by molar-refractivity contribution is -0.156. The third kappa shape index (κ3) is 3.18. The second-order valence-electron chi connectivity index (χ2n) is 8.44. The van der Waals surface area contributed by atoms with E-state index >= 15 is 0 Å². The molecule has 152 valence electrons. The fourth-order valence-electron chi connectivity index (χ4n) is 5.09. The number of rotatable bonds is 3. The minimum Gasteiger partial charge on any atom is -0.361 e. The molecule has 7 heteroatoms.